The highest BCUT2D eigenvalue weighted by atomic mass is 15.2. The van der Waals surface area contributed by atoms with Crippen molar-refractivity contribution in [2.75, 3.05) is 24.1 Å². The van der Waals surface area contributed by atoms with E-state index in [1.807, 2.05) is 6.07 Å². The molecule has 1 aliphatic carbocycles. The average molecular weight is 259 g/mol. The molecule has 2 atom stereocenters. The van der Waals surface area contributed by atoms with Crippen LogP contribution in [0.1, 0.15) is 43.8 Å². The summed E-state index contributed by atoms with van der Waals surface area (Å²) in [6.45, 7) is 2.49. The summed E-state index contributed by atoms with van der Waals surface area (Å²) in [6, 6.07) is 3.10. The minimum Gasteiger partial charge on any atom is -0.384 e. The van der Waals surface area contributed by atoms with E-state index in [1.165, 1.54) is 45.2 Å². The number of fused-ring (bicyclic) bond motifs is 1. The highest BCUT2D eigenvalue weighted by Crippen LogP contribution is 2.39. The smallest absolute Gasteiger partial charge is 0.136 e. The van der Waals surface area contributed by atoms with Crippen LogP contribution in [0, 0.1) is 0 Å². The summed E-state index contributed by atoms with van der Waals surface area (Å²) in [6.07, 6.45) is 6.29. The Morgan fingerprint density at radius 3 is 2.89 bits per heavy atom. The molecule has 102 valence electrons. The molecule has 3 fully saturated rings. The van der Waals surface area contributed by atoms with Gasteiger partial charge in [-0.15, -0.1) is 0 Å². The Hall–Kier alpha value is -1.36. The Kier molecular flexibility index (Phi) is 2.62. The molecule has 4 rings (SSSR count). The Morgan fingerprint density at radius 1 is 1.16 bits per heavy atom. The number of hydrogen-bond donors (Lipinski definition) is 2. The summed E-state index contributed by atoms with van der Waals surface area (Å²) < 4.78 is 0. The van der Waals surface area contributed by atoms with E-state index in [4.69, 9.17) is 5.73 Å². The van der Waals surface area contributed by atoms with Crippen molar-refractivity contribution in [3.05, 3.63) is 11.9 Å². The maximum absolute atomic E-state index is 5.90. The lowest BCUT2D eigenvalue weighted by Crippen LogP contribution is -2.34. The normalized spacial score (nSPS) is 30.5. The van der Waals surface area contributed by atoms with E-state index in [0.717, 1.165) is 11.6 Å². The summed E-state index contributed by atoms with van der Waals surface area (Å²) in [4.78, 5) is 11.6. The van der Waals surface area contributed by atoms with Gasteiger partial charge in [0.1, 0.15) is 17.5 Å². The van der Waals surface area contributed by atoms with Crippen molar-refractivity contribution in [1.82, 2.24) is 14.9 Å². The Bertz CT molecular complexity index is 485. The molecule has 0 amide bonds. The van der Waals surface area contributed by atoms with Crippen LogP contribution in [0.2, 0.25) is 0 Å². The summed E-state index contributed by atoms with van der Waals surface area (Å²) >= 11 is 0. The van der Waals surface area contributed by atoms with Gasteiger partial charge in [0.25, 0.3) is 0 Å². The third-order valence-electron chi connectivity index (χ3n) is 4.65. The molecule has 2 unspecified atom stereocenters. The fourth-order valence-electron chi connectivity index (χ4n) is 3.52. The number of nitrogen functional groups attached to an aromatic ring is 1. The standard InChI is InChI=1S/C14H21N5/c15-12-8-13(18-14(17-12)9-3-4-9)16-10-5-7-19-6-1-2-11(10)19/h8-11H,1-7H2,(H3,15,16,17,18). The van der Waals surface area contributed by atoms with Gasteiger partial charge in [0.05, 0.1) is 0 Å². The van der Waals surface area contributed by atoms with Gasteiger partial charge in [-0.2, -0.15) is 0 Å². The van der Waals surface area contributed by atoms with E-state index in [-0.39, 0.29) is 0 Å². The van der Waals surface area contributed by atoms with Gasteiger partial charge < -0.3 is 11.1 Å². The van der Waals surface area contributed by atoms with E-state index in [2.05, 4.69) is 20.2 Å². The first-order valence-corrected chi connectivity index (χ1v) is 7.44. The molecule has 5 heteroatoms. The summed E-state index contributed by atoms with van der Waals surface area (Å²) in [7, 11) is 0. The molecule has 1 saturated carbocycles. The second-order valence-corrected chi connectivity index (χ2v) is 6.10. The highest BCUT2D eigenvalue weighted by Gasteiger charge is 2.37. The molecule has 3 heterocycles. The Balaban J connectivity index is 1.52. The van der Waals surface area contributed by atoms with Crippen molar-refractivity contribution < 1.29 is 0 Å². The van der Waals surface area contributed by atoms with Crippen LogP contribution in [-0.2, 0) is 0 Å². The maximum atomic E-state index is 5.90. The largest absolute Gasteiger partial charge is 0.384 e. The Morgan fingerprint density at radius 2 is 2.05 bits per heavy atom. The van der Waals surface area contributed by atoms with E-state index < -0.39 is 0 Å². The van der Waals surface area contributed by atoms with E-state index in [1.54, 1.807) is 0 Å². The molecule has 3 N–H and O–H groups in total. The van der Waals surface area contributed by atoms with Crippen molar-refractivity contribution in [3.63, 3.8) is 0 Å². The van der Waals surface area contributed by atoms with E-state index in [0.29, 0.717) is 23.8 Å². The molecule has 1 aromatic heterocycles. The van der Waals surface area contributed by atoms with Gasteiger partial charge in [-0.1, -0.05) is 0 Å². The summed E-state index contributed by atoms with van der Waals surface area (Å²) in [5.41, 5.74) is 5.90. The first-order valence-electron chi connectivity index (χ1n) is 7.44. The summed E-state index contributed by atoms with van der Waals surface area (Å²) in [5.74, 6) is 3.01. The predicted octanol–water partition coefficient (Wildman–Crippen LogP) is 1.58. The van der Waals surface area contributed by atoms with Gasteiger partial charge in [-0.25, -0.2) is 9.97 Å². The van der Waals surface area contributed by atoms with Gasteiger partial charge >= 0.3 is 0 Å². The van der Waals surface area contributed by atoms with Crippen LogP contribution in [0.5, 0.6) is 0 Å². The minimum atomic E-state index is 0.531. The lowest BCUT2D eigenvalue weighted by molar-refractivity contribution is 0.318. The molecule has 3 aliphatic rings. The molecule has 0 bridgehead atoms. The molecule has 0 spiro atoms. The number of nitrogens with zero attached hydrogens (tertiary/aromatic N) is 3. The zero-order valence-corrected chi connectivity index (χ0v) is 11.2. The van der Waals surface area contributed by atoms with Crippen molar-refractivity contribution in [3.8, 4) is 0 Å². The van der Waals surface area contributed by atoms with E-state index >= 15 is 0 Å². The number of aromatic nitrogens is 2. The van der Waals surface area contributed by atoms with Crippen LogP contribution in [0.3, 0.4) is 0 Å². The lowest BCUT2D eigenvalue weighted by atomic mass is 10.1. The fraction of sp³-hybridized carbons (Fsp3) is 0.714. The third kappa shape index (κ3) is 2.16. The van der Waals surface area contributed by atoms with Crippen molar-refractivity contribution in [2.24, 2.45) is 0 Å². The van der Waals surface area contributed by atoms with Crippen LogP contribution in [-0.4, -0.2) is 40.0 Å². The van der Waals surface area contributed by atoms with Crippen LogP contribution in [0.4, 0.5) is 11.6 Å². The second-order valence-electron chi connectivity index (χ2n) is 6.10. The van der Waals surface area contributed by atoms with E-state index in [9.17, 15) is 0 Å². The third-order valence-corrected chi connectivity index (χ3v) is 4.65. The molecule has 1 aromatic rings. The number of hydrogen-bond acceptors (Lipinski definition) is 5. The fourth-order valence-corrected chi connectivity index (χ4v) is 3.52. The topological polar surface area (TPSA) is 67.1 Å². The molecule has 2 saturated heterocycles. The number of anilines is 2. The van der Waals surface area contributed by atoms with Crippen molar-refractivity contribution >= 4 is 11.6 Å². The molecule has 5 nitrogen and oxygen atoms in total. The monoisotopic (exact) mass is 259 g/mol. The zero-order valence-electron chi connectivity index (χ0n) is 11.2. The minimum absolute atomic E-state index is 0.531. The Labute approximate surface area is 113 Å². The quantitative estimate of drug-likeness (QED) is 0.862. The average Bonchev–Trinajstić information content (AvgIpc) is 3.02. The second kappa shape index (κ2) is 4.34. The zero-order chi connectivity index (χ0) is 12.8. The highest BCUT2D eigenvalue weighted by molar-refractivity contribution is 5.46. The van der Waals surface area contributed by atoms with Crippen LogP contribution in [0.15, 0.2) is 6.07 Å². The van der Waals surface area contributed by atoms with Gasteiger partial charge in [0, 0.05) is 30.6 Å². The van der Waals surface area contributed by atoms with Crippen LogP contribution < -0.4 is 11.1 Å². The van der Waals surface area contributed by atoms with Gasteiger partial charge in [-0.05, 0) is 38.6 Å². The van der Waals surface area contributed by atoms with Gasteiger partial charge in [0.2, 0.25) is 0 Å². The molecule has 2 aliphatic heterocycles. The molecule has 19 heavy (non-hydrogen) atoms. The summed E-state index contributed by atoms with van der Waals surface area (Å²) in [5, 5.41) is 3.60. The van der Waals surface area contributed by atoms with Crippen LogP contribution >= 0.6 is 0 Å². The molecule has 0 radical (unpaired) electrons. The first-order chi connectivity index (χ1) is 9.29. The van der Waals surface area contributed by atoms with Gasteiger partial charge in [0.15, 0.2) is 0 Å². The molecular formula is C14H21N5. The van der Waals surface area contributed by atoms with Crippen molar-refractivity contribution in [2.45, 2.75) is 50.1 Å². The number of nitrogens with one attached hydrogen (secondary N) is 1. The maximum Gasteiger partial charge on any atom is 0.136 e. The number of nitrogens with two attached hydrogens (primary N) is 1. The molecule has 0 aromatic carbocycles. The van der Waals surface area contributed by atoms with Crippen LogP contribution in [0.25, 0.3) is 0 Å². The van der Waals surface area contributed by atoms with Crippen molar-refractivity contribution in [1.29, 1.82) is 0 Å². The predicted molar refractivity (Wildman–Crippen MR) is 75.0 cm³/mol. The number of rotatable bonds is 3. The van der Waals surface area contributed by atoms with Gasteiger partial charge in [-0.3, -0.25) is 4.90 Å². The molecular weight excluding hydrogens is 238 g/mol. The SMILES string of the molecule is Nc1cc(NC2CCN3CCCC23)nc(C2CC2)n1. The first kappa shape index (κ1) is 11.5. The lowest BCUT2D eigenvalue weighted by Gasteiger charge is -2.22.